The van der Waals surface area contributed by atoms with Crippen LogP contribution in [0.1, 0.15) is 50.3 Å². The Morgan fingerprint density at radius 2 is 2.07 bits per heavy atom. The highest BCUT2D eigenvalue weighted by atomic mass is 35.5. The Kier molecular flexibility index (Phi) is 5.19. The van der Waals surface area contributed by atoms with Crippen LogP contribution < -0.4 is 11.1 Å². The van der Waals surface area contributed by atoms with Crippen molar-refractivity contribution in [3.8, 4) is 11.3 Å². The van der Waals surface area contributed by atoms with E-state index in [1.165, 1.54) is 11.3 Å². The molecule has 1 aromatic carbocycles. The predicted octanol–water partition coefficient (Wildman–Crippen LogP) is 4.84. The van der Waals surface area contributed by atoms with E-state index in [0.717, 1.165) is 29.7 Å². The summed E-state index contributed by atoms with van der Waals surface area (Å²) >= 11 is 7.70. The van der Waals surface area contributed by atoms with Gasteiger partial charge in [0.05, 0.1) is 10.6 Å². The maximum atomic E-state index is 13.2. The van der Waals surface area contributed by atoms with Gasteiger partial charge >= 0.3 is 0 Å². The van der Waals surface area contributed by atoms with Gasteiger partial charge in [-0.3, -0.25) is 9.59 Å². The molecule has 3 aromatic rings. The second kappa shape index (κ2) is 7.65. The molecular formula is C21H20ClN3O3S. The molecule has 1 aliphatic rings. The summed E-state index contributed by atoms with van der Waals surface area (Å²) in [4.78, 5) is 26.4. The molecule has 29 heavy (non-hydrogen) atoms. The number of hydrogen-bond donors (Lipinski definition) is 2. The molecule has 1 aliphatic carbocycles. The van der Waals surface area contributed by atoms with Crippen molar-refractivity contribution in [3.63, 3.8) is 0 Å². The zero-order valence-electron chi connectivity index (χ0n) is 16.0. The number of nitrogens with one attached hydrogen (secondary N) is 1. The van der Waals surface area contributed by atoms with Crippen molar-refractivity contribution < 1.29 is 14.1 Å². The number of aryl methyl sites for hydroxylation is 1. The Bertz CT molecular complexity index is 1120. The standard InChI is InChI=1S/C21H20ClN3O3S/c1-10-7-8-13-15(9-10)29-21(17(13)19(23)26)24-20(27)16-11(2)28-25-18(16)12-5-3-4-6-14(12)22/h3-6,10H,7-9H2,1-2H3,(H2,23,26)(H,24,27). The number of anilines is 1. The van der Waals surface area contributed by atoms with Gasteiger partial charge in [0, 0.05) is 10.4 Å². The molecule has 0 radical (unpaired) electrons. The maximum absolute atomic E-state index is 13.2. The number of carbonyl (C=O) groups excluding carboxylic acids is 2. The maximum Gasteiger partial charge on any atom is 0.262 e. The lowest BCUT2D eigenvalue weighted by molar-refractivity contribution is 0.1000. The Hall–Kier alpha value is -2.64. The first kappa shape index (κ1) is 19.7. The second-order valence-corrected chi connectivity index (χ2v) is 8.83. The minimum atomic E-state index is -0.527. The second-order valence-electron chi connectivity index (χ2n) is 7.32. The van der Waals surface area contributed by atoms with E-state index in [9.17, 15) is 9.59 Å². The minimum Gasteiger partial charge on any atom is -0.365 e. The van der Waals surface area contributed by atoms with E-state index in [2.05, 4.69) is 17.4 Å². The van der Waals surface area contributed by atoms with Gasteiger partial charge in [-0.05, 0) is 43.7 Å². The van der Waals surface area contributed by atoms with Crippen LogP contribution in [0.5, 0.6) is 0 Å². The first-order chi connectivity index (χ1) is 13.9. The van der Waals surface area contributed by atoms with Gasteiger partial charge in [0.25, 0.3) is 11.8 Å². The largest absolute Gasteiger partial charge is 0.365 e. The van der Waals surface area contributed by atoms with Gasteiger partial charge in [-0.15, -0.1) is 11.3 Å². The van der Waals surface area contributed by atoms with Crippen molar-refractivity contribution in [3.05, 3.63) is 56.6 Å². The number of hydrogen-bond acceptors (Lipinski definition) is 5. The van der Waals surface area contributed by atoms with Crippen LogP contribution in [-0.2, 0) is 12.8 Å². The minimum absolute atomic E-state index is 0.285. The molecule has 2 aromatic heterocycles. The van der Waals surface area contributed by atoms with Crippen molar-refractivity contribution in [2.24, 2.45) is 11.7 Å². The van der Waals surface area contributed by atoms with E-state index in [1.807, 2.05) is 6.07 Å². The quantitative estimate of drug-likeness (QED) is 0.619. The molecule has 0 bridgehead atoms. The van der Waals surface area contributed by atoms with E-state index in [0.29, 0.717) is 38.5 Å². The van der Waals surface area contributed by atoms with Crippen LogP contribution in [0.3, 0.4) is 0 Å². The third kappa shape index (κ3) is 3.56. The van der Waals surface area contributed by atoms with Gasteiger partial charge in [-0.1, -0.05) is 41.9 Å². The molecule has 0 fully saturated rings. The molecule has 0 saturated heterocycles. The number of nitrogens with zero attached hydrogens (tertiary/aromatic N) is 1. The third-order valence-electron chi connectivity index (χ3n) is 5.20. The molecular weight excluding hydrogens is 410 g/mol. The molecule has 150 valence electrons. The molecule has 0 saturated carbocycles. The monoisotopic (exact) mass is 429 g/mol. The number of carbonyl (C=O) groups is 2. The molecule has 3 N–H and O–H groups in total. The summed E-state index contributed by atoms with van der Waals surface area (Å²) in [6, 6.07) is 7.11. The van der Waals surface area contributed by atoms with Gasteiger partial charge in [-0.25, -0.2) is 0 Å². The summed E-state index contributed by atoms with van der Waals surface area (Å²) in [7, 11) is 0. The van der Waals surface area contributed by atoms with Crippen molar-refractivity contribution in [2.75, 3.05) is 5.32 Å². The number of halogens is 1. The summed E-state index contributed by atoms with van der Waals surface area (Å²) in [5, 5.41) is 7.85. The molecule has 1 atom stereocenters. The fraction of sp³-hybridized carbons (Fsp3) is 0.286. The van der Waals surface area contributed by atoms with Crippen molar-refractivity contribution >= 4 is 39.8 Å². The number of amides is 2. The lowest BCUT2D eigenvalue weighted by Gasteiger charge is -2.18. The van der Waals surface area contributed by atoms with Crippen LogP contribution in [-0.4, -0.2) is 17.0 Å². The van der Waals surface area contributed by atoms with Crippen LogP contribution in [0.4, 0.5) is 5.00 Å². The average Bonchev–Trinajstić information content (AvgIpc) is 3.21. The number of rotatable bonds is 4. The van der Waals surface area contributed by atoms with E-state index < -0.39 is 11.8 Å². The lowest BCUT2D eigenvalue weighted by Crippen LogP contribution is -2.19. The molecule has 0 aliphatic heterocycles. The summed E-state index contributed by atoms with van der Waals surface area (Å²) in [6.45, 7) is 3.85. The van der Waals surface area contributed by atoms with Crippen molar-refractivity contribution in [1.29, 1.82) is 0 Å². The van der Waals surface area contributed by atoms with Crippen LogP contribution >= 0.6 is 22.9 Å². The lowest BCUT2D eigenvalue weighted by atomic mass is 9.88. The fourth-order valence-electron chi connectivity index (χ4n) is 3.74. The van der Waals surface area contributed by atoms with E-state index in [4.69, 9.17) is 21.9 Å². The average molecular weight is 430 g/mol. The van der Waals surface area contributed by atoms with Crippen LogP contribution in [0.15, 0.2) is 28.8 Å². The van der Waals surface area contributed by atoms with Gasteiger partial charge in [0.1, 0.15) is 22.0 Å². The zero-order valence-corrected chi connectivity index (χ0v) is 17.6. The summed E-state index contributed by atoms with van der Waals surface area (Å²) in [6.07, 6.45) is 2.67. The molecule has 6 nitrogen and oxygen atoms in total. The predicted molar refractivity (Wildman–Crippen MR) is 114 cm³/mol. The Labute approximate surface area is 177 Å². The molecule has 2 amide bonds. The van der Waals surface area contributed by atoms with Gasteiger partial charge in [0.2, 0.25) is 0 Å². The van der Waals surface area contributed by atoms with Crippen LogP contribution in [0.2, 0.25) is 5.02 Å². The number of thiophene rings is 1. The van der Waals surface area contributed by atoms with Crippen LogP contribution in [0, 0.1) is 12.8 Å². The van der Waals surface area contributed by atoms with E-state index in [1.54, 1.807) is 25.1 Å². The molecule has 4 rings (SSSR count). The zero-order chi connectivity index (χ0) is 20.7. The van der Waals surface area contributed by atoms with Gasteiger partial charge in [-0.2, -0.15) is 0 Å². The van der Waals surface area contributed by atoms with Gasteiger partial charge < -0.3 is 15.6 Å². The highest BCUT2D eigenvalue weighted by Crippen LogP contribution is 2.40. The van der Waals surface area contributed by atoms with Crippen molar-refractivity contribution in [1.82, 2.24) is 5.16 Å². The highest BCUT2D eigenvalue weighted by molar-refractivity contribution is 7.17. The summed E-state index contributed by atoms with van der Waals surface area (Å²) < 4.78 is 5.28. The number of fused-ring (bicyclic) bond motifs is 1. The van der Waals surface area contributed by atoms with Crippen LogP contribution in [0.25, 0.3) is 11.3 Å². The number of nitrogens with two attached hydrogens (primary N) is 1. The fourth-order valence-corrected chi connectivity index (χ4v) is 5.38. The van der Waals surface area contributed by atoms with Gasteiger partial charge in [0.15, 0.2) is 0 Å². The van der Waals surface area contributed by atoms with E-state index >= 15 is 0 Å². The SMILES string of the molecule is Cc1onc(-c2ccccc2Cl)c1C(=O)Nc1sc2c(c1C(N)=O)CCC(C)C2. The third-order valence-corrected chi connectivity index (χ3v) is 6.70. The first-order valence-corrected chi connectivity index (χ1v) is 10.5. The normalized spacial score (nSPS) is 15.8. The molecule has 0 spiro atoms. The molecule has 2 heterocycles. The Balaban J connectivity index is 1.73. The number of primary amides is 1. The molecule has 8 heteroatoms. The molecule has 1 unspecified atom stereocenters. The number of benzene rings is 1. The topological polar surface area (TPSA) is 98.2 Å². The van der Waals surface area contributed by atoms with Crippen molar-refractivity contribution in [2.45, 2.75) is 33.1 Å². The number of aromatic nitrogens is 1. The first-order valence-electron chi connectivity index (χ1n) is 9.33. The van der Waals surface area contributed by atoms with E-state index in [-0.39, 0.29) is 5.56 Å². The Morgan fingerprint density at radius 3 is 2.79 bits per heavy atom. The highest BCUT2D eigenvalue weighted by Gasteiger charge is 2.29. The Morgan fingerprint density at radius 1 is 1.31 bits per heavy atom. The summed E-state index contributed by atoms with van der Waals surface area (Å²) in [5.41, 5.74) is 8.28. The summed E-state index contributed by atoms with van der Waals surface area (Å²) in [5.74, 6) is -0.0286. The smallest absolute Gasteiger partial charge is 0.262 e.